The summed E-state index contributed by atoms with van der Waals surface area (Å²) in [6, 6.07) is 12.0. The summed E-state index contributed by atoms with van der Waals surface area (Å²) in [7, 11) is 3.15. The van der Waals surface area contributed by atoms with Gasteiger partial charge in [0.1, 0.15) is 17.5 Å². The van der Waals surface area contributed by atoms with Crippen molar-refractivity contribution in [2.75, 3.05) is 24.9 Å². The number of amides is 1. The number of halogens is 1. The molecule has 1 atom stereocenters. The SMILES string of the molecule is COc1ccc(N[C@@H](C)C(=O)Nc2cc(Cl)ccc2OC)cc1. The third kappa shape index (κ3) is 4.53. The van der Waals surface area contributed by atoms with E-state index in [2.05, 4.69) is 10.6 Å². The van der Waals surface area contributed by atoms with Crippen LogP contribution in [0.15, 0.2) is 42.5 Å². The van der Waals surface area contributed by atoms with Gasteiger partial charge in [0, 0.05) is 10.7 Å². The Morgan fingerprint density at radius 1 is 1.09 bits per heavy atom. The lowest BCUT2D eigenvalue weighted by Crippen LogP contribution is -2.32. The van der Waals surface area contributed by atoms with Gasteiger partial charge >= 0.3 is 0 Å². The van der Waals surface area contributed by atoms with Gasteiger partial charge in [0.05, 0.1) is 19.9 Å². The number of ether oxygens (including phenoxy) is 2. The molecule has 6 heteroatoms. The fourth-order valence-electron chi connectivity index (χ4n) is 2.02. The van der Waals surface area contributed by atoms with Crippen LogP contribution in [0.1, 0.15) is 6.92 Å². The number of nitrogens with one attached hydrogen (secondary N) is 2. The van der Waals surface area contributed by atoms with Crippen molar-refractivity contribution in [2.24, 2.45) is 0 Å². The Balaban J connectivity index is 2.03. The molecule has 0 aliphatic heterocycles. The van der Waals surface area contributed by atoms with Crippen molar-refractivity contribution in [3.8, 4) is 11.5 Å². The lowest BCUT2D eigenvalue weighted by Gasteiger charge is -2.17. The van der Waals surface area contributed by atoms with E-state index >= 15 is 0 Å². The highest BCUT2D eigenvalue weighted by Gasteiger charge is 2.15. The molecule has 2 aromatic rings. The molecule has 0 saturated heterocycles. The van der Waals surface area contributed by atoms with Crippen molar-refractivity contribution in [1.29, 1.82) is 0 Å². The van der Waals surface area contributed by atoms with Crippen LogP contribution in [0.2, 0.25) is 5.02 Å². The van der Waals surface area contributed by atoms with E-state index < -0.39 is 6.04 Å². The molecule has 5 nitrogen and oxygen atoms in total. The van der Waals surface area contributed by atoms with Crippen molar-refractivity contribution in [3.63, 3.8) is 0 Å². The second kappa shape index (κ2) is 7.74. The zero-order valence-corrected chi connectivity index (χ0v) is 14.0. The van der Waals surface area contributed by atoms with Crippen molar-refractivity contribution in [3.05, 3.63) is 47.5 Å². The van der Waals surface area contributed by atoms with Crippen molar-refractivity contribution >= 4 is 28.9 Å². The predicted molar refractivity (Wildman–Crippen MR) is 92.7 cm³/mol. The molecule has 0 fully saturated rings. The maximum absolute atomic E-state index is 12.3. The molecule has 0 aliphatic carbocycles. The Morgan fingerprint density at radius 3 is 2.39 bits per heavy atom. The standard InChI is InChI=1S/C17H19ClN2O3/c1-11(19-13-5-7-14(22-2)8-6-13)17(21)20-15-10-12(18)4-9-16(15)23-3/h4-11,19H,1-3H3,(H,20,21)/t11-/m0/s1. The van der Waals surface area contributed by atoms with Gasteiger partial charge in [-0.2, -0.15) is 0 Å². The van der Waals surface area contributed by atoms with Crippen LogP contribution in [0.4, 0.5) is 11.4 Å². The monoisotopic (exact) mass is 334 g/mol. The van der Waals surface area contributed by atoms with E-state index in [-0.39, 0.29) is 5.91 Å². The average Bonchev–Trinajstić information content (AvgIpc) is 2.55. The van der Waals surface area contributed by atoms with Gasteiger partial charge in [0.2, 0.25) is 5.91 Å². The van der Waals surface area contributed by atoms with Crippen LogP contribution in [0, 0.1) is 0 Å². The summed E-state index contributed by atoms with van der Waals surface area (Å²) in [6.07, 6.45) is 0. The number of hydrogen-bond acceptors (Lipinski definition) is 4. The van der Waals surface area contributed by atoms with Crippen LogP contribution >= 0.6 is 11.6 Å². The Labute approximate surface area is 140 Å². The van der Waals surface area contributed by atoms with E-state index in [1.165, 1.54) is 7.11 Å². The van der Waals surface area contributed by atoms with Gasteiger partial charge in [-0.3, -0.25) is 4.79 Å². The predicted octanol–water partition coefficient (Wildman–Crippen LogP) is 3.80. The third-order valence-corrected chi connectivity index (χ3v) is 3.52. The van der Waals surface area contributed by atoms with E-state index in [1.54, 1.807) is 32.2 Å². The van der Waals surface area contributed by atoms with Crippen molar-refractivity contribution in [2.45, 2.75) is 13.0 Å². The minimum absolute atomic E-state index is 0.193. The summed E-state index contributed by atoms with van der Waals surface area (Å²) in [5.41, 5.74) is 1.36. The summed E-state index contributed by atoms with van der Waals surface area (Å²) in [5, 5.41) is 6.46. The highest BCUT2D eigenvalue weighted by atomic mass is 35.5. The number of hydrogen-bond donors (Lipinski definition) is 2. The van der Waals surface area contributed by atoms with Gasteiger partial charge < -0.3 is 20.1 Å². The second-order valence-electron chi connectivity index (χ2n) is 4.93. The Kier molecular flexibility index (Phi) is 5.71. The van der Waals surface area contributed by atoms with Gasteiger partial charge in [-0.15, -0.1) is 0 Å². The van der Waals surface area contributed by atoms with Gasteiger partial charge in [-0.05, 0) is 49.4 Å². The van der Waals surface area contributed by atoms with Crippen LogP contribution in [0.5, 0.6) is 11.5 Å². The lowest BCUT2D eigenvalue weighted by molar-refractivity contribution is -0.116. The molecule has 0 heterocycles. The van der Waals surface area contributed by atoms with E-state index in [1.807, 2.05) is 24.3 Å². The summed E-state index contributed by atoms with van der Waals surface area (Å²) >= 11 is 5.96. The minimum atomic E-state index is -0.438. The Morgan fingerprint density at radius 2 is 1.78 bits per heavy atom. The first kappa shape index (κ1) is 17.0. The molecule has 2 aromatic carbocycles. The average molecular weight is 335 g/mol. The van der Waals surface area contributed by atoms with Gasteiger partial charge in [0.25, 0.3) is 0 Å². The van der Waals surface area contributed by atoms with E-state index in [9.17, 15) is 4.79 Å². The molecule has 1 amide bonds. The molecule has 0 unspecified atom stereocenters. The quantitative estimate of drug-likeness (QED) is 0.843. The molecule has 0 aromatic heterocycles. The maximum Gasteiger partial charge on any atom is 0.246 e. The molecule has 2 rings (SSSR count). The summed E-state index contributed by atoms with van der Waals surface area (Å²) in [5.74, 6) is 1.12. The van der Waals surface area contributed by atoms with Gasteiger partial charge in [-0.1, -0.05) is 11.6 Å². The van der Waals surface area contributed by atoms with Crippen LogP contribution in [-0.4, -0.2) is 26.2 Å². The fraction of sp³-hybridized carbons (Fsp3) is 0.235. The van der Waals surface area contributed by atoms with Gasteiger partial charge in [0.15, 0.2) is 0 Å². The van der Waals surface area contributed by atoms with E-state index in [0.29, 0.717) is 16.5 Å². The number of carbonyl (C=O) groups excluding carboxylic acids is 1. The maximum atomic E-state index is 12.3. The number of carbonyl (C=O) groups is 1. The molecule has 23 heavy (non-hydrogen) atoms. The molecule has 2 N–H and O–H groups in total. The van der Waals surface area contributed by atoms with Crippen LogP contribution in [-0.2, 0) is 4.79 Å². The Hall–Kier alpha value is -2.40. The highest BCUT2D eigenvalue weighted by Crippen LogP contribution is 2.28. The number of methoxy groups -OCH3 is 2. The van der Waals surface area contributed by atoms with Gasteiger partial charge in [-0.25, -0.2) is 0 Å². The molecular weight excluding hydrogens is 316 g/mol. The Bertz CT molecular complexity index is 674. The van der Waals surface area contributed by atoms with Crippen LogP contribution in [0.3, 0.4) is 0 Å². The zero-order chi connectivity index (χ0) is 16.8. The second-order valence-corrected chi connectivity index (χ2v) is 5.36. The zero-order valence-electron chi connectivity index (χ0n) is 13.2. The molecule has 0 saturated carbocycles. The normalized spacial score (nSPS) is 11.5. The molecule has 0 radical (unpaired) electrons. The molecule has 0 bridgehead atoms. The third-order valence-electron chi connectivity index (χ3n) is 3.29. The first-order chi connectivity index (χ1) is 11.0. The van der Waals surface area contributed by atoms with Crippen molar-refractivity contribution in [1.82, 2.24) is 0 Å². The number of benzene rings is 2. The molecule has 0 spiro atoms. The largest absolute Gasteiger partial charge is 0.497 e. The minimum Gasteiger partial charge on any atom is -0.497 e. The van der Waals surface area contributed by atoms with E-state index in [4.69, 9.17) is 21.1 Å². The summed E-state index contributed by atoms with van der Waals surface area (Å²) < 4.78 is 10.3. The lowest BCUT2D eigenvalue weighted by atomic mass is 10.2. The number of rotatable bonds is 6. The first-order valence-electron chi connectivity index (χ1n) is 7.08. The highest BCUT2D eigenvalue weighted by molar-refractivity contribution is 6.31. The van der Waals surface area contributed by atoms with Crippen LogP contribution in [0.25, 0.3) is 0 Å². The topological polar surface area (TPSA) is 59.6 Å². The van der Waals surface area contributed by atoms with Crippen molar-refractivity contribution < 1.29 is 14.3 Å². The van der Waals surface area contributed by atoms with E-state index in [0.717, 1.165) is 11.4 Å². The summed E-state index contributed by atoms with van der Waals surface area (Å²) in [6.45, 7) is 1.77. The van der Waals surface area contributed by atoms with Crippen LogP contribution < -0.4 is 20.1 Å². The molecule has 0 aliphatic rings. The molecular formula is C17H19ClN2O3. The number of anilines is 2. The summed E-state index contributed by atoms with van der Waals surface area (Å²) in [4.78, 5) is 12.3. The smallest absolute Gasteiger partial charge is 0.246 e. The fourth-order valence-corrected chi connectivity index (χ4v) is 2.19. The first-order valence-corrected chi connectivity index (χ1v) is 7.46. The molecule has 122 valence electrons.